The zero-order valence-electron chi connectivity index (χ0n) is 17.8. The fourth-order valence-electron chi connectivity index (χ4n) is 5.07. The van der Waals surface area contributed by atoms with Gasteiger partial charge >= 0.3 is 0 Å². The number of carbonyl (C=O) groups is 2. The highest BCUT2D eigenvalue weighted by atomic mass is 32.2. The third-order valence-corrected chi connectivity index (χ3v) is 8.62. The summed E-state index contributed by atoms with van der Waals surface area (Å²) in [5.41, 5.74) is 6.65. The monoisotopic (exact) mass is 448 g/mol. The minimum absolute atomic E-state index is 0.119. The highest BCUT2D eigenvalue weighted by Crippen LogP contribution is 2.30. The Kier molecular flexibility index (Phi) is 6.64. The third kappa shape index (κ3) is 5.10. The second kappa shape index (κ2) is 9.26. The molecule has 4 rings (SSSR count). The molecule has 0 aromatic heterocycles. The van der Waals surface area contributed by atoms with Crippen molar-refractivity contribution >= 4 is 21.8 Å². The molecule has 170 valence electrons. The lowest BCUT2D eigenvalue weighted by Gasteiger charge is -2.38. The first kappa shape index (κ1) is 22.2. The SMILES string of the molecule is NC1CCC(CNC(=O)[C@@H]2CC[C@H]3CN(S(=O)(=O)Cc4ccccc4)CC(=O)N32)CC1. The molecule has 1 aromatic carbocycles. The molecule has 2 amide bonds. The molecule has 0 radical (unpaired) electrons. The van der Waals surface area contributed by atoms with Crippen molar-refractivity contribution in [2.24, 2.45) is 11.7 Å². The van der Waals surface area contributed by atoms with Crippen LogP contribution in [0.5, 0.6) is 0 Å². The van der Waals surface area contributed by atoms with E-state index in [0.717, 1.165) is 25.7 Å². The Bertz CT molecular complexity index is 899. The molecule has 8 nitrogen and oxygen atoms in total. The van der Waals surface area contributed by atoms with Gasteiger partial charge < -0.3 is 16.0 Å². The summed E-state index contributed by atoms with van der Waals surface area (Å²) in [6, 6.07) is 8.51. The van der Waals surface area contributed by atoms with Crippen molar-refractivity contribution in [1.29, 1.82) is 0 Å². The highest BCUT2D eigenvalue weighted by Gasteiger charge is 2.46. The Hall–Kier alpha value is -1.97. The Morgan fingerprint density at radius 1 is 1.06 bits per heavy atom. The lowest BCUT2D eigenvalue weighted by atomic mass is 9.86. The molecule has 9 heteroatoms. The van der Waals surface area contributed by atoms with Gasteiger partial charge in [-0.15, -0.1) is 0 Å². The smallest absolute Gasteiger partial charge is 0.242 e. The summed E-state index contributed by atoms with van der Waals surface area (Å²) in [4.78, 5) is 27.3. The number of hydrogen-bond donors (Lipinski definition) is 2. The first-order valence-electron chi connectivity index (χ1n) is 11.2. The zero-order valence-corrected chi connectivity index (χ0v) is 18.6. The molecule has 3 fully saturated rings. The molecule has 0 bridgehead atoms. The largest absolute Gasteiger partial charge is 0.354 e. The van der Waals surface area contributed by atoms with Crippen LogP contribution in [-0.4, -0.2) is 67.2 Å². The van der Waals surface area contributed by atoms with Gasteiger partial charge in [-0.3, -0.25) is 9.59 Å². The molecule has 0 unspecified atom stereocenters. The van der Waals surface area contributed by atoms with Crippen LogP contribution in [0.3, 0.4) is 0 Å². The summed E-state index contributed by atoms with van der Waals surface area (Å²) in [6.07, 6.45) is 5.23. The number of fused-ring (bicyclic) bond motifs is 1. The third-order valence-electron chi connectivity index (χ3n) is 6.86. The minimum atomic E-state index is -3.60. The molecular weight excluding hydrogens is 416 g/mol. The van der Waals surface area contributed by atoms with Gasteiger partial charge in [0.15, 0.2) is 0 Å². The van der Waals surface area contributed by atoms with E-state index in [0.29, 0.717) is 30.9 Å². The van der Waals surface area contributed by atoms with E-state index in [-0.39, 0.29) is 42.7 Å². The second-order valence-corrected chi connectivity index (χ2v) is 11.1. The quantitative estimate of drug-likeness (QED) is 0.669. The number of piperazine rings is 1. The van der Waals surface area contributed by atoms with Crippen LogP contribution in [0.2, 0.25) is 0 Å². The number of nitrogens with two attached hydrogens (primary N) is 1. The van der Waals surface area contributed by atoms with Crippen molar-refractivity contribution in [3.05, 3.63) is 35.9 Å². The standard InChI is InChI=1S/C22H32N4O4S/c23-18-8-6-16(7-9-18)12-24-22(28)20-11-10-19-13-25(14-21(27)26(19)20)31(29,30)15-17-4-2-1-3-5-17/h1-5,16,18-20H,6-15,23H2,(H,24,28)/t16?,18?,19-,20-/m0/s1. The highest BCUT2D eigenvalue weighted by molar-refractivity contribution is 7.88. The van der Waals surface area contributed by atoms with Crippen molar-refractivity contribution in [2.75, 3.05) is 19.6 Å². The molecule has 1 saturated carbocycles. The normalized spacial score (nSPS) is 29.6. The number of hydrogen-bond acceptors (Lipinski definition) is 5. The molecule has 2 saturated heterocycles. The van der Waals surface area contributed by atoms with Crippen LogP contribution >= 0.6 is 0 Å². The van der Waals surface area contributed by atoms with Crippen molar-refractivity contribution < 1.29 is 18.0 Å². The van der Waals surface area contributed by atoms with Gasteiger partial charge in [0.05, 0.1) is 12.3 Å². The summed E-state index contributed by atoms with van der Waals surface area (Å²) >= 11 is 0. The van der Waals surface area contributed by atoms with E-state index in [4.69, 9.17) is 5.73 Å². The molecule has 2 aliphatic heterocycles. The van der Waals surface area contributed by atoms with Gasteiger partial charge in [0.1, 0.15) is 6.04 Å². The summed E-state index contributed by atoms with van der Waals surface area (Å²) in [5.74, 6) is -0.0832. The summed E-state index contributed by atoms with van der Waals surface area (Å²) in [5, 5.41) is 3.03. The van der Waals surface area contributed by atoms with Crippen molar-refractivity contribution in [3.8, 4) is 0 Å². The maximum Gasteiger partial charge on any atom is 0.242 e. The molecule has 1 aromatic rings. The predicted octanol–water partition coefficient (Wildman–Crippen LogP) is 0.825. The molecule has 31 heavy (non-hydrogen) atoms. The van der Waals surface area contributed by atoms with Crippen molar-refractivity contribution in [3.63, 3.8) is 0 Å². The maximum absolute atomic E-state index is 12.9. The van der Waals surface area contributed by atoms with E-state index >= 15 is 0 Å². The van der Waals surface area contributed by atoms with Gasteiger partial charge in [0.2, 0.25) is 21.8 Å². The molecular formula is C22H32N4O4S. The molecule has 3 aliphatic rings. The maximum atomic E-state index is 12.9. The Morgan fingerprint density at radius 2 is 1.77 bits per heavy atom. The van der Waals surface area contributed by atoms with Gasteiger partial charge in [0.25, 0.3) is 0 Å². The lowest BCUT2D eigenvalue weighted by Crippen LogP contribution is -2.59. The lowest BCUT2D eigenvalue weighted by molar-refractivity contribution is -0.143. The first-order valence-corrected chi connectivity index (χ1v) is 12.8. The Morgan fingerprint density at radius 3 is 2.48 bits per heavy atom. The van der Waals surface area contributed by atoms with Gasteiger partial charge in [-0.2, -0.15) is 4.31 Å². The van der Waals surface area contributed by atoms with Gasteiger partial charge in [-0.25, -0.2) is 8.42 Å². The van der Waals surface area contributed by atoms with Crippen LogP contribution in [0.25, 0.3) is 0 Å². The number of sulfonamides is 1. The van der Waals surface area contributed by atoms with Crippen LogP contribution < -0.4 is 11.1 Å². The van der Waals surface area contributed by atoms with Crippen molar-refractivity contribution in [1.82, 2.24) is 14.5 Å². The number of nitrogens with zero attached hydrogens (tertiary/aromatic N) is 2. The number of amides is 2. The Balaban J connectivity index is 1.34. The van der Waals surface area contributed by atoms with Crippen LogP contribution in [-0.2, 0) is 25.4 Å². The molecule has 2 atom stereocenters. The minimum Gasteiger partial charge on any atom is -0.354 e. The molecule has 3 N–H and O–H groups in total. The fraction of sp³-hybridized carbons (Fsp3) is 0.636. The van der Waals surface area contributed by atoms with Crippen LogP contribution in [0.15, 0.2) is 30.3 Å². The van der Waals surface area contributed by atoms with Crippen LogP contribution in [0, 0.1) is 5.92 Å². The fourth-order valence-corrected chi connectivity index (χ4v) is 6.57. The summed E-state index contributed by atoms with van der Waals surface area (Å²) in [7, 11) is -3.60. The number of benzene rings is 1. The van der Waals surface area contributed by atoms with Crippen LogP contribution in [0.1, 0.15) is 44.1 Å². The van der Waals surface area contributed by atoms with E-state index in [1.165, 1.54) is 4.31 Å². The number of nitrogens with one attached hydrogen (secondary N) is 1. The second-order valence-electron chi connectivity index (χ2n) is 9.11. The van der Waals surface area contributed by atoms with Gasteiger partial charge in [0, 0.05) is 25.2 Å². The molecule has 0 spiro atoms. The van der Waals surface area contributed by atoms with E-state index in [9.17, 15) is 18.0 Å². The van der Waals surface area contributed by atoms with E-state index in [2.05, 4.69) is 5.32 Å². The molecule has 2 heterocycles. The van der Waals surface area contributed by atoms with E-state index in [1.54, 1.807) is 29.2 Å². The predicted molar refractivity (Wildman–Crippen MR) is 117 cm³/mol. The Labute approximate surface area is 184 Å². The van der Waals surface area contributed by atoms with Gasteiger partial charge in [-0.1, -0.05) is 30.3 Å². The zero-order chi connectivity index (χ0) is 22.0. The summed E-state index contributed by atoms with van der Waals surface area (Å²) in [6.45, 7) is 0.674. The van der Waals surface area contributed by atoms with E-state index in [1.807, 2.05) is 6.07 Å². The average molecular weight is 449 g/mol. The van der Waals surface area contributed by atoms with Crippen LogP contribution in [0.4, 0.5) is 0 Å². The average Bonchev–Trinajstić information content (AvgIpc) is 3.18. The summed E-state index contributed by atoms with van der Waals surface area (Å²) < 4.78 is 27.0. The topological polar surface area (TPSA) is 113 Å². The van der Waals surface area contributed by atoms with Crippen molar-refractivity contribution in [2.45, 2.75) is 62.4 Å². The van der Waals surface area contributed by atoms with E-state index < -0.39 is 16.1 Å². The first-order chi connectivity index (χ1) is 14.8. The molecule has 1 aliphatic carbocycles. The number of carbonyl (C=O) groups excluding carboxylic acids is 2. The number of rotatable bonds is 6. The van der Waals surface area contributed by atoms with Gasteiger partial charge in [-0.05, 0) is 50.0 Å².